The number of esters is 2. The summed E-state index contributed by atoms with van der Waals surface area (Å²) in [5.41, 5.74) is 8.44. The number of hydrogen-bond acceptors (Lipinski definition) is 7. The van der Waals surface area contributed by atoms with Crippen molar-refractivity contribution >= 4 is 11.9 Å². The van der Waals surface area contributed by atoms with Gasteiger partial charge in [-0.15, -0.1) is 0 Å². The number of rotatable bonds is 5. The monoisotopic (exact) mass is 273 g/mol. The van der Waals surface area contributed by atoms with E-state index in [0.29, 0.717) is 0 Å². The predicted molar refractivity (Wildman–Crippen MR) is 60.9 cm³/mol. The minimum atomic E-state index is -0.990. The summed E-state index contributed by atoms with van der Waals surface area (Å²) in [7, 11) is 0. The van der Waals surface area contributed by atoms with E-state index < -0.39 is 36.3 Å². The quantitative estimate of drug-likeness (QED) is 0.322. The van der Waals surface area contributed by atoms with Crippen molar-refractivity contribution < 1.29 is 28.9 Å². The molecule has 9 nitrogen and oxygen atoms in total. The van der Waals surface area contributed by atoms with Gasteiger partial charge in [-0.05, 0) is 5.53 Å². The minimum Gasteiger partial charge on any atom is -0.462 e. The number of ether oxygens (including phenoxy) is 3. The van der Waals surface area contributed by atoms with Gasteiger partial charge in [0.15, 0.2) is 6.10 Å². The van der Waals surface area contributed by atoms with Crippen molar-refractivity contribution in [3.05, 3.63) is 10.4 Å². The second kappa shape index (κ2) is 6.93. The van der Waals surface area contributed by atoms with Crippen LogP contribution < -0.4 is 0 Å². The largest absolute Gasteiger partial charge is 0.462 e. The molecule has 1 fully saturated rings. The van der Waals surface area contributed by atoms with Crippen molar-refractivity contribution in [1.29, 1.82) is 0 Å². The average Bonchev–Trinajstić information content (AvgIpc) is 2.67. The van der Waals surface area contributed by atoms with E-state index >= 15 is 0 Å². The second-order valence-corrected chi connectivity index (χ2v) is 4.01. The topological polar surface area (TPSA) is 131 Å². The van der Waals surface area contributed by atoms with Crippen LogP contribution in [0, 0.1) is 0 Å². The van der Waals surface area contributed by atoms with E-state index in [-0.39, 0.29) is 13.2 Å². The van der Waals surface area contributed by atoms with Gasteiger partial charge in [-0.25, -0.2) is 0 Å². The number of nitrogens with zero attached hydrogens (tertiary/aromatic N) is 3. The van der Waals surface area contributed by atoms with E-state index in [2.05, 4.69) is 10.0 Å². The van der Waals surface area contributed by atoms with Crippen molar-refractivity contribution in [1.82, 2.24) is 0 Å². The highest BCUT2D eigenvalue weighted by atomic mass is 16.6. The molecule has 0 aromatic heterocycles. The van der Waals surface area contributed by atoms with Gasteiger partial charge in [0.1, 0.15) is 12.7 Å². The van der Waals surface area contributed by atoms with E-state index in [4.69, 9.17) is 19.7 Å². The molecule has 1 saturated heterocycles. The van der Waals surface area contributed by atoms with Crippen LogP contribution in [-0.2, 0) is 23.8 Å². The third kappa shape index (κ3) is 4.40. The van der Waals surface area contributed by atoms with E-state index in [1.165, 1.54) is 13.8 Å². The van der Waals surface area contributed by atoms with Gasteiger partial charge in [0.05, 0.1) is 18.8 Å². The maximum atomic E-state index is 11.0. The summed E-state index contributed by atoms with van der Waals surface area (Å²) in [5, 5.41) is 13.0. The summed E-state index contributed by atoms with van der Waals surface area (Å²) in [6, 6.07) is -0.898. The van der Waals surface area contributed by atoms with Crippen LogP contribution in [0.25, 0.3) is 10.4 Å². The van der Waals surface area contributed by atoms with Crippen LogP contribution in [0.3, 0.4) is 0 Å². The van der Waals surface area contributed by atoms with Gasteiger partial charge in [0.2, 0.25) is 0 Å². The average molecular weight is 273 g/mol. The Bertz CT molecular complexity index is 395. The molecule has 0 aromatic carbocycles. The molecule has 0 aromatic rings. The van der Waals surface area contributed by atoms with Crippen molar-refractivity contribution in [3.8, 4) is 0 Å². The molecule has 4 atom stereocenters. The molecule has 1 N–H and O–H groups in total. The first-order valence-electron chi connectivity index (χ1n) is 5.60. The third-order valence-corrected chi connectivity index (χ3v) is 2.51. The number of azide groups is 1. The highest BCUT2D eigenvalue weighted by molar-refractivity contribution is 5.67. The number of aliphatic hydroxyl groups excluding tert-OH is 1. The number of carbonyl (C=O) groups is 2. The molecule has 1 aliphatic heterocycles. The summed E-state index contributed by atoms with van der Waals surface area (Å²) in [5.74, 6) is -1.14. The first-order valence-corrected chi connectivity index (χ1v) is 5.60. The number of carbonyl (C=O) groups excluding carboxylic acids is 2. The van der Waals surface area contributed by atoms with Gasteiger partial charge >= 0.3 is 11.9 Å². The van der Waals surface area contributed by atoms with E-state index in [9.17, 15) is 14.7 Å². The van der Waals surface area contributed by atoms with Crippen LogP contribution in [0.2, 0.25) is 0 Å². The summed E-state index contributed by atoms with van der Waals surface area (Å²) in [6.45, 7) is 2.12. The van der Waals surface area contributed by atoms with E-state index in [1.54, 1.807) is 0 Å². The molecule has 0 spiro atoms. The zero-order chi connectivity index (χ0) is 14.4. The molecule has 19 heavy (non-hydrogen) atoms. The van der Waals surface area contributed by atoms with Gasteiger partial charge in [-0.2, -0.15) is 0 Å². The summed E-state index contributed by atoms with van der Waals surface area (Å²) < 4.78 is 15.0. The zero-order valence-electron chi connectivity index (χ0n) is 10.6. The van der Waals surface area contributed by atoms with Crippen molar-refractivity contribution in [2.24, 2.45) is 5.11 Å². The molecule has 1 heterocycles. The second-order valence-electron chi connectivity index (χ2n) is 4.01. The van der Waals surface area contributed by atoms with Crippen molar-refractivity contribution in [2.75, 3.05) is 13.2 Å². The smallest absolute Gasteiger partial charge is 0.303 e. The molecule has 0 bridgehead atoms. The molecule has 9 heteroatoms. The predicted octanol–water partition coefficient (Wildman–Crippen LogP) is -0.0802. The Morgan fingerprint density at radius 3 is 2.74 bits per heavy atom. The van der Waals surface area contributed by atoms with Gasteiger partial charge in [-0.3, -0.25) is 9.59 Å². The van der Waals surface area contributed by atoms with Gasteiger partial charge in [-0.1, -0.05) is 5.11 Å². The highest BCUT2D eigenvalue weighted by Gasteiger charge is 2.42. The standard InChI is InChI=1S/C10H15N3O6/c1-5(14)17-4-8(19-6(2)15)10-9(12-13-11)7(16)3-18-10/h7-10,16H,3-4H2,1-2H3/t7-,8+,9+,10+/m0/s1. The summed E-state index contributed by atoms with van der Waals surface area (Å²) in [6.07, 6.45) is -2.78. The fourth-order valence-electron chi connectivity index (χ4n) is 1.76. The molecule has 1 aliphatic rings. The fraction of sp³-hybridized carbons (Fsp3) is 0.800. The third-order valence-electron chi connectivity index (χ3n) is 2.51. The molecular formula is C10H15N3O6. The number of aliphatic hydroxyl groups is 1. The number of hydrogen-bond donors (Lipinski definition) is 1. The molecule has 106 valence electrons. The lowest BCUT2D eigenvalue weighted by molar-refractivity contribution is -0.164. The van der Waals surface area contributed by atoms with Crippen LogP contribution in [-0.4, -0.2) is 54.6 Å². The van der Waals surface area contributed by atoms with Crippen molar-refractivity contribution in [3.63, 3.8) is 0 Å². The highest BCUT2D eigenvalue weighted by Crippen LogP contribution is 2.23. The van der Waals surface area contributed by atoms with Crippen LogP contribution in [0.5, 0.6) is 0 Å². The zero-order valence-corrected chi connectivity index (χ0v) is 10.6. The van der Waals surface area contributed by atoms with E-state index in [0.717, 1.165) is 0 Å². The Hall–Kier alpha value is -1.83. The molecule has 0 radical (unpaired) electrons. The van der Waals surface area contributed by atoms with Crippen molar-refractivity contribution in [2.45, 2.75) is 38.2 Å². The van der Waals surface area contributed by atoms with Crippen LogP contribution in [0.15, 0.2) is 5.11 Å². The molecule has 0 amide bonds. The lowest BCUT2D eigenvalue weighted by Crippen LogP contribution is -2.42. The van der Waals surface area contributed by atoms with Gasteiger partial charge in [0.25, 0.3) is 0 Å². The van der Waals surface area contributed by atoms with Crippen LogP contribution >= 0.6 is 0 Å². The first kappa shape index (κ1) is 15.2. The van der Waals surface area contributed by atoms with E-state index in [1.807, 2.05) is 0 Å². The Morgan fingerprint density at radius 1 is 1.53 bits per heavy atom. The normalized spacial score (nSPS) is 27.2. The maximum Gasteiger partial charge on any atom is 0.303 e. The summed E-state index contributed by atoms with van der Waals surface area (Å²) in [4.78, 5) is 24.4. The Labute approximate surface area is 109 Å². The lowest BCUT2D eigenvalue weighted by Gasteiger charge is -2.25. The molecule has 0 unspecified atom stereocenters. The Kier molecular flexibility index (Phi) is 5.56. The molecule has 0 saturated carbocycles. The van der Waals surface area contributed by atoms with Crippen LogP contribution in [0.4, 0.5) is 0 Å². The lowest BCUT2D eigenvalue weighted by atomic mass is 10.0. The Morgan fingerprint density at radius 2 is 2.21 bits per heavy atom. The summed E-state index contributed by atoms with van der Waals surface area (Å²) >= 11 is 0. The first-order chi connectivity index (χ1) is 8.95. The SMILES string of the molecule is CC(=O)OC[C@@H](OC(C)=O)[C@H]1OC[C@H](O)[C@H]1N=[N+]=[N-]. The Balaban J connectivity index is 2.79. The van der Waals surface area contributed by atoms with Gasteiger partial charge < -0.3 is 19.3 Å². The molecule has 0 aliphatic carbocycles. The molecular weight excluding hydrogens is 258 g/mol. The minimum absolute atomic E-state index is 0.0494. The van der Waals surface area contributed by atoms with Gasteiger partial charge in [0, 0.05) is 18.8 Å². The fourth-order valence-corrected chi connectivity index (χ4v) is 1.76. The van der Waals surface area contributed by atoms with Crippen LogP contribution in [0.1, 0.15) is 13.8 Å². The molecule has 1 rings (SSSR count). The maximum absolute atomic E-state index is 11.0.